The van der Waals surface area contributed by atoms with Gasteiger partial charge in [0.25, 0.3) is 5.69 Å². The molecule has 136 valence electrons. The summed E-state index contributed by atoms with van der Waals surface area (Å²) in [7, 11) is 0. The molecular weight excluding hydrogens is 328 g/mol. The average Bonchev–Trinajstić information content (AvgIpc) is 2.90. The normalized spacial score (nSPS) is 20.4. The van der Waals surface area contributed by atoms with E-state index in [4.69, 9.17) is 4.74 Å². The predicted molar refractivity (Wildman–Crippen MR) is 89.3 cm³/mol. The second-order valence-electron chi connectivity index (χ2n) is 7.22. The van der Waals surface area contributed by atoms with E-state index in [2.05, 4.69) is 0 Å². The summed E-state index contributed by atoms with van der Waals surface area (Å²) in [5.74, 6) is -1.18. The quantitative estimate of drug-likeness (QED) is 0.660. The lowest BCUT2D eigenvalue weighted by molar-refractivity contribution is -0.384. The number of likely N-dealkylation sites (tertiary alicyclic amines) is 1. The highest BCUT2D eigenvalue weighted by atomic mass is 16.6. The Kier molecular flexibility index (Phi) is 5.30. The van der Waals surface area contributed by atoms with Gasteiger partial charge in [-0.25, -0.2) is 9.59 Å². The van der Waals surface area contributed by atoms with Gasteiger partial charge in [-0.15, -0.1) is 0 Å². The summed E-state index contributed by atoms with van der Waals surface area (Å²) in [4.78, 5) is 35.4. The van der Waals surface area contributed by atoms with Crippen molar-refractivity contribution in [3.63, 3.8) is 0 Å². The van der Waals surface area contributed by atoms with E-state index in [0.29, 0.717) is 6.42 Å². The van der Waals surface area contributed by atoms with Crippen molar-refractivity contribution in [3.8, 4) is 0 Å². The Labute approximate surface area is 145 Å². The highest BCUT2D eigenvalue weighted by molar-refractivity contribution is 5.81. The summed E-state index contributed by atoms with van der Waals surface area (Å²) in [6.07, 6.45) is 0.101. The lowest BCUT2D eigenvalue weighted by Gasteiger charge is -2.26. The van der Waals surface area contributed by atoms with E-state index < -0.39 is 28.6 Å². The molecule has 1 N–H and O–H groups in total. The largest absolute Gasteiger partial charge is 0.480 e. The van der Waals surface area contributed by atoms with Gasteiger partial charge >= 0.3 is 12.1 Å². The molecule has 1 aliphatic rings. The smallest absolute Gasteiger partial charge is 0.411 e. The fourth-order valence-electron chi connectivity index (χ4n) is 2.96. The monoisotopic (exact) mass is 350 g/mol. The van der Waals surface area contributed by atoms with Crippen molar-refractivity contribution in [3.05, 3.63) is 39.9 Å². The van der Waals surface area contributed by atoms with Gasteiger partial charge in [0.1, 0.15) is 11.6 Å². The number of carbonyl (C=O) groups is 2. The maximum Gasteiger partial charge on any atom is 0.411 e. The van der Waals surface area contributed by atoms with Crippen molar-refractivity contribution in [1.82, 2.24) is 4.90 Å². The highest BCUT2D eigenvalue weighted by Crippen LogP contribution is 2.29. The first kappa shape index (κ1) is 18.7. The number of nitro groups is 1. The molecule has 1 aromatic rings. The maximum atomic E-state index is 12.3. The highest BCUT2D eigenvalue weighted by Gasteiger charge is 2.41. The van der Waals surface area contributed by atoms with Crippen LogP contribution < -0.4 is 0 Å². The van der Waals surface area contributed by atoms with Crippen molar-refractivity contribution in [1.29, 1.82) is 0 Å². The average molecular weight is 350 g/mol. The SMILES string of the molecule is CC(C)(C)OC(=O)N1C[C@@H](Cc2cccc([N+](=O)[O-])c2)C[C@@H]1C(=O)O. The molecule has 1 saturated heterocycles. The van der Waals surface area contributed by atoms with Gasteiger partial charge in [-0.3, -0.25) is 15.0 Å². The van der Waals surface area contributed by atoms with Crippen molar-refractivity contribution >= 4 is 17.7 Å². The van der Waals surface area contributed by atoms with Crippen LogP contribution in [0, 0.1) is 16.0 Å². The molecule has 0 saturated carbocycles. The number of amides is 1. The Morgan fingerprint density at radius 2 is 2.08 bits per heavy atom. The molecule has 8 heteroatoms. The van der Waals surface area contributed by atoms with Crippen LogP contribution in [0.15, 0.2) is 24.3 Å². The van der Waals surface area contributed by atoms with Crippen molar-refractivity contribution in [2.75, 3.05) is 6.54 Å². The zero-order valence-electron chi connectivity index (χ0n) is 14.5. The Morgan fingerprint density at radius 3 is 2.64 bits per heavy atom. The zero-order chi connectivity index (χ0) is 18.8. The summed E-state index contributed by atoms with van der Waals surface area (Å²) in [5, 5.41) is 20.3. The number of nitro benzene ring substituents is 1. The Bertz CT molecular complexity index is 682. The second kappa shape index (κ2) is 7.08. The van der Waals surface area contributed by atoms with Gasteiger partial charge < -0.3 is 9.84 Å². The number of carboxylic acids is 1. The van der Waals surface area contributed by atoms with Crippen molar-refractivity contribution in [2.24, 2.45) is 5.92 Å². The standard InChI is InChI=1S/C17H22N2O6/c1-17(2,3)25-16(22)18-10-12(9-14(18)15(20)21)7-11-5-4-6-13(8-11)19(23)24/h4-6,8,12,14H,7,9-10H2,1-3H3,(H,20,21)/t12-,14+/m0/s1. The van der Waals surface area contributed by atoms with E-state index in [-0.39, 0.29) is 24.6 Å². The molecular formula is C17H22N2O6. The lowest BCUT2D eigenvalue weighted by atomic mass is 9.96. The third kappa shape index (κ3) is 4.91. The molecule has 1 fully saturated rings. The van der Waals surface area contributed by atoms with E-state index in [0.717, 1.165) is 5.56 Å². The van der Waals surface area contributed by atoms with Crippen LogP contribution >= 0.6 is 0 Å². The van der Waals surface area contributed by atoms with Gasteiger partial charge in [0.05, 0.1) is 4.92 Å². The molecule has 1 amide bonds. The van der Waals surface area contributed by atoms with E-state index in [1.807, 2.05) is 0 Å². The first-order chi connectivity index (χ1) is 11.6. The number of benzene rings is 1. The second-order valence-corrected chi connectivity index (χ2v) is 7.22. The minimum Gasteiger partial charge on any atom is -0.480 e. The molecule has 8 nitrogen and oxygen atoms in total. The zero-order valence-corrected chi connectivity index (χ0v) is 14.5. The minimum atomic E-state index is -1.08. The number of hydrogen-bond donors (Lipinski definition) is 1. The van der Waals surface area contributed by atoms with Gasteiger partial charge in [0.15, 0.2) is 0 Å². The van der Waals surface area contributed by atoms with Gasteiger partial charge in [0, 0.05) is 18.7 Å². The summed E-state index contributed by atoms with van der Waals surface area (Å²) in [5.41, 5.74) is 0.0294. The fourth-order valence-corrected chi connectivity index (χ4v) is 2.96. The van der Waals surface area contributed by atoms with Crippen LogP contribution in [0.4, 0.5) is 10.5 Å². The molecule has 2 atom stereocenters. The first-order valence-electron chi connectivity index (χ1n) is 8.02. The van der Waals surface area contributed by atoms with Gasteiger partial charge in [-0.1, -0.05) is 12.1 Å². The van der Waals surface area contributed by atoms with E-state index in [1.54, 1.807) is 32.9 Å². The van der Waals surface area contributed by atoms with Crippen LogP contribution in [0.2, 0.25) is 0 Å². The number of hydrogen-bond acceptors (Lipinski definition) is 5. The van der Waals surface area contributed by atoms with Crippen LogP contribution in [-0.4, -0.2) is 45.2 Å². The van der Waals surface area contributed by atoms with Crippen LogP contribution in [0.1, 0.15) is 32.8 Å². The number of rotatable bonds is 4. The molecule has 1 heterocycles. The molecule has 25 heavy (non-hydrogen) atoms. The van der Waals surface area contributed by atoms with E-state index >= 15 is 0 Å². The summed E-state index contributed by atoms with van der Waals surface area (Å²) >= 11 is 0. The molecule has 0 spiro atoms. The van der Waals surface area contributed by atoms with Crippen molar-refractivity contribution < 1.29 is 24.4 Å². The summed E-state index contributed by atoms with van der Waals surface area (Å²) < 4.78 is 5.29. The van der Waals surface area contributed by atoms with Gasteiger partial charge in [-0.2, -0.15) is 0 Å². The summed E-state index contributed by atoms with van der Waals surface area (Å²) in [6, 6.07) is 5.30. The molecule has 0 unspecified atom stereocenters. The van der Waals surface area contributed by atoms with Gasteiger partial charge in [0.2, 0.25) is 0 Å². The fraction of sp³-hybridized carbons (Fsp3) is 0.529. The molecule has 1 aliphatic heterocycles. The first-order valence-corrected chi connectivity index (χ1v) is 8.02. The van der Waals surface area contributed by atoms with Gasteiger partial charge in [-0.05, 0) is 45.1 Å². The number of carboxylic acid groups (broad SMARTS) is 1. The van der Waals surface area contributed by atoms with Crippen LogP contribution in [0.5, 0.6) is 0 Å². The van der Waals surface area contributed by atoms with E-state index in [9.17, 15) is 24.8 Å². The molecule has 0 aliphatic carbocycles. The Balaban J connectivity index is 2.11. The van der Waals surface area contributed by atoms with Crippen LogP contribution in [0.25, 0.3) is 0 Å². The lowest BCUT2D eigenvalue weighted by Crippen LogP contribution is -2.43. The topological polar surface area (TPSA) is 110 Å². The number of aliphatic carboxylic acids is 1. The minimum absolute atomic E-state index is 0.00530. The van der Waals surface area contributed by atoms with Crippen LogP contribution in [0.3, 0.4) is 0 Å². The molecule has 0 aromatic heterocycles. The molecule has 1 aromatic carbocycles. The number of nitrogens with zero attached hydrogens (tertiary/aromatic N) is 2. The molecule has 0 bridgehead atoms. The van der Waals surface area contributed by atoms with E-state index in [1.165, 1.54) is 17.0 Å². The van der Waals surface area contributed by atoms with Crippen molar-refractivity contribution in [2.45, 2.75) is 45.3 Å². The molecule has 0 radical (unpaired) electrons. The maximum absolute atomic E-state index is 12.3. The predicted octanol–water partition coefficient (Wildman–Crippen LogP) is 2.85. The Morgan fingerprint density at radius 1 is 1.40 bits per heavy atom. The third-order valence-corrected chi connectivity index (χ3v) is 3.95. The third-order valence-electron chi connectivity index (χ3n) is 3.95. The Hall–Kier alpha value is -2.64. The number of ether oxygens (including phenoxy) is 1. The number of carbonyl (C=O) groups excluding carboxylic acids is 1. The van der Waals surface area contributed by atoms with Crippen LogP contribution in [-0.2, 0) is 16.0 Å². The molecule has 2 rings (SSSR count). The number of non-ortho nitro benzene ring substituents is 1. The summed E-state index contributed by atoms with van der Waals surface area (Å²) in [6.45, 7) is 5.40.